The molecule has 1 aliphatic rings. The highest BCUT2D eigenvalue weighted by Crippen LogP contribution is 2.19. The third kappa shape index (κ3) is 5.46. The first kappa shape index (κ1) is 20.6. The van der Waals surface area contributed by atoms with Gasteiger partial charge in [0, 0.05) is 58.8 Å². The Morgan fingerprint density at radius 3 is 2.47 bits per heavy atom. The lowest BCUT2D eigenvalue weighted by molar-refractivity contribution is -0.115. The van der Waals surface area contributed by atoms with Gasteiger partial charge in [0.1, 0.15) is 0 Å². The van der Waals surface area contributed by atoms with Gasteiger partial charge in [-0.25, -0.2) is 0 Å². The van der Waals surface area contributed by atoms with Crippen LogP contribution in [0.1, 0.15) is 24.0 Å². The van der Waals surface area contributed by atoms with Crippen molar-refractivity contribution in [3.05, 3.63) is 84.2 Å². The van der Waals surface area contributed by atoms with E-state index in [-0.39, 0.29) is 11.2 Å². The number of carbonyl (C=O) groups is 1. The molecule has 1 saturated heterocycles. The Morgan fingerprint density at radius 1 is 1.00 bits per heavy atom. The molecule has 3 aromatic rings. The predicted octanol–water partition coefficient (Wildman–Crippen LogP) is 4.09. The number of nitrogens with one attached hydrogen (secondary N) is 1. The minimum atomic E-state index is -0.920. The third-order valence-corrected chi connectivity index (χ3v) is 7.10. The largest absolute Gasteiger partial charge is 0.381 e. The Kier molecular flexibility index (Phi) is 6.77. The Morgan fingerprint density at radius 2 is 1.73 bits per heavy atom. The zero-order valence-corrected chi connectivity index (χ0v) is 17.6. The molecule has 30 heavy (non-hydrogen) atoms. The summed E-state index contributed by atoms with van der Waals surface area (Å²) in [5.41, 5.74) is 3.74. The van der Waals surface area contributed by atoms with Gasteiger partial charge in [-0.1, -0.05) is 24.3 Å². The quantitative estimate of drug-likeness (QED) is 0.624. The summed E-state index contributed by atoms with van der Waals surface area (Å²) in [5, 5.41) is 3.16. The molecule has 156 valence electrons. The summed E-state index contributed by atoms with van der Waals surface area (Å²) in [4.78, 5) is 12.5. The van der Waals surface area contributed by atoms with Crippen LogP contribution in [0.5, 0.6) is 0 Å². The van der Waals surface area contributed by atoms with E-state index in [1.165, 1.54) is 0 Å². The Labute approximate surface area is 179 Å². The Balaban J connectivity index is 1.33. The number of hydrogen-bond donors (Lipinski definition) is 1. The van der Waals surface area contributed by atoms with Crippen LogP contribution in [0.25, 0.3) is 5.69 Å². The molecule has 4 rings (SSSR count). The molecule has 2 aromatic carbocycles. The van der Waals surface area contributed by atoms with Crippen molar-refractivity contribution in [2.24, 2.45) is 0 Å². The second-order valence-corrected chi connectivity index (χ2v) is 9.24. The summed E-state index contributed by atoms with van der Waals surface area (Å²) < 4.78 is 20.0. The highest BCUT2D eigenvalue weighted by molar-refractivity contribution is 7.84. The van der Waals surface area contributed by atoms with Crippen molar-refractivity contribution in [2.75, 3.05) is 18.5 Å². The molecule has 0 saturated carbocycles. The number of rotatable bonds is 7. The van der Waals surface area contributed by atoms with E-state index in [1.807, 2.05) is 77.6 Å². The molecule has 0 bridgehead atoms. The first-order valence-electron chi connectivity index (χ1n) is 10.2. The minimum absolute atomic E-state index is 0.0635. The van der Waals surface area contributed by atoms with Gasteiger partial charge in [0.15, 0.2) is 0 Å². The number of nitrogens with zero attached hydrogens (tertiary/aromatic N) is 1. The molecule has 1 aliphatic heterocycles. The number of benzene rings is 2. The number of aromatic nitrogens is 1. The molecule has 0 spiro atoms. The summed E-state index contributed by atoms with van der Waals surface area (Å²) in [5.74, 6) is 0.446. The zero-order valence-electron chi connectivity index (χ0n) is 16.8. The fraction of sp³-hybridized carbons (Fsp3) is 0.292. The van der Waals surface area contributed by atoms with Crippen LogP contribution in [0, 0.1) is 0 Å². The van der Waals surface area contributed by atoms with E-state index < -0.39 is 10.8 Å². The standard InChI is InChI=1S/C24H26N2O3S/c27-24(17-19-6-8-22(9-7-19)26-12-1-2-13-26)25-21-5-3-4-20(16-21)18-30(28)23-10-14-29-15-11-23/h1-9,12-13,16,23H,10-11,14-15,17-18H2,(H,25,27). The van der Waals surface area contributed by atoms with Crippen molar-refractivity contribution in [3.63, 3.8) is 0 Å². The maximum atomic E-state index is 12.6. The van der Waals surface area contributed by atoms with Gasteiger partial charge < -0.3 is 14.6 Å². The monoisotopic (exact) mass is 422 g/mol. The highest BCUT2D eigenvalue weighted by Gasteiger charge is 2.20. The third-order valence-electron chi connectivity index (χ3n) is 5.26. The molecule has 1 atom stereocenters. The maximum absolute atomic E-state index is 12.6. The van der Waals surface area contributed by atoms with Gasteiger partial charge in [0.05, 0.1) is 6.42 Å². The molecule has 0 radical (unpaired) electrons. The second-order valence-electron chi connectivity index (χ2n) is 7.52. The number of carbonyl (C=O) groups excluding carboxylic acids is 1. The fourth-order valence-corrected chi connectivity index (χ4v) is 5.11. The van der Waals surface area contributed by atoms with Crippen LogP contribution in [0.3, 0.4) is 0 Å². The van der Waals surface area contributed by atoms with Crippen LogP contribution in [-0.2, 0) is 32.5 Å². The van der Waals surface area contributed by atoms with E-state index in [9.17, 15) is 9.00 Å². The van der Waals surface area contributed by atoms with Gasteiger partial charge in [-0.3, -0.25) is 9.00 Å². The molecule has 1 amide bonds. The van der Waals surface area contributed by atoms with E-state index in [0.717, 1.165) is 35.3 Å². The summed E-state index contributed by atoms with van der Waals surface area (Å²) >= 11 is 0. The number of hydrogen-bond acceptors (Lipinski definition) is 3. The smallest absolute Gasteiger partial charge is 0.228 e. The molecule has 1 aromatic heterocycles. The average molecular weight is 423 g/mol. The number of amides is 1. The number of ether oxygens (including phenoxy) is 1. The normalized spacial score (nSPS) is 15.6. The average Bonchev–Trinajstić information content (AvgIpc) is 3.30. The van der Waals surface area contributed by atoms with Gasteiger partial charge in [-0.15, -0.1) is 0 Å². The van der Waals surface area contributed by atoms with Crippen molar-refractivity contribution in [1.82, 2.24) is 4.57 Å². The van der Waals surface area contributed by atoms with E-state index >= 15 is 0 Å². The lowest BCUT2D eigenvalue weighted by atomic mass is 10.1. The van der Waals surface area contributed by atoms with Crippen molar-refractivity contribution in [3.8, 4) is 5.69 Å². The van der Waals surface area contributed by atoms with Crippen LogP contribution in [0.2, 0.25) is 0 Å². The van der Waals surface area contributed by atoms with Crippen molar-refractivity contribution in [2.45, 2.75) is 30.3 Å². The summed E-state index contributed by atoms with van der Waals surface area (Å²) in [6, 6.07) is 19.6. The van der Waals surface area contributed by atoms with Crippen LogP contribution < -0.4 is 5.32 Å². The topological polar surface area (TPSA) is 60.3 Å². The van der Waals surface area contributed by atoms with Gasteiger partial charge in [0.2, 0.25) is 5.91 Å². The maximum Gasteiger partial charge on any atom is 0.228 e. The SMILES string of the molecule is O=C(Cc1ccc(-n2cccc2)cc1)Nc1cccc(CS(=O)C2CCOCC2)c1. The van der Waals surface area contributed by atoms with Crippen LogP contribution in [0.15, 0.2) is 73.1 Å². The van der Waals surface area contributed by atoms with E-state index in [0.29, 0.717) is 25.4 Å². The molecule has 5 nitrogen and oxygen atoms in total. The highest BCUT2D eigenvalue weighted by atomic mass is 32.2. The Bertz CT molecular complexity index is 994. The van der Waals surface area contributed by atoms with Gasteiger partial charge in [-0.2, -0.15) is 0 Å². The molecule has 1 N–H and O–H groups in total. The van der Waals surface area contributed by atoms with Crippen molar-refractivity contribution < 1.29 is 13.7 Å². The van der Waals surface area contributed by atoms with E-state index in [1.54, 1.807) is 0 Å². The summed E-state index contributed by atoms with van der Waals surface area (Å²) in [6.45, 7) is 1.39. The van der Waals surface area contributed by atoms with Gasteiger partial charge in [-0.05, 0) is 60.4 Å². The van der Waals surface area contributed by atoms with Gasteiger partial charge >= 0.3 is 0 Å². The lowest BCUT2D eigenvalue weighted by Gasteiger charge is -2.21. The van der Waals surface area contributed by atoms with Crippen molar-refractivity contribution in [1.29, 1.82) is 0 Å². The molecule has 1 fully saturated rings. The first-order valence-corrected chi connectivity index (χ1v) is 11.6. The first-order chi connectivity index (χ1) is 14.7. The van der Waals surface area contributed by atoms with Crippen LogP contribution in [0.4, 0.5) is 5.69 Å². The van der Waals surface area contributed by atoms with E-state index in [2.05, 4.69) is 5.32 Å². The molecular formula is C24H26N2O3S. The molecule has 6 heteroatoms. The Hall–Kier alpha value is -2.70. The predicted molar refractivity (Wildman–Crippen MR) is 120 cm³/mol. The summed E-state index contributed by atoms with van der Waals surface area (Å²) in [7, 11) is -0.920. The molecule has 2 heterocycles. The lowest BCUT2D eigenvalue weighted by Crippen LogP contribution is -2.25. The number of anilines is 1. The fourth-order valence-electron chi connectivity index (χ4n) is 3.64. The van der Waals surface area contributed by atoms with Gasteiger partial charge in [0.25, 0.3) is 0 Å². The van der Waals surface area contributed by atoms with Crippen LogP contribution >= 0.6 is 0 Å². The molecule has 1 unspecified atom stereocenters. The summed E-state index contributed by atoms with van der Waals surface area (Å²) in [6.07, 6.45) is 6.00. The van der Waals surface area contributed by atoms with E-state index in [4.69, 9.17) is 4.74 Å². The second kappa shape index (κ2) is 9.87. The zero-order chi connectivity index (χ0) is 20.8. The molecule has 0 aliphatic carbocycles. The van der Waals surface area contributed by atoms with Crippen LogP contribution in [-0.4, -0.2) is 33.1 Å². The minimum Gasteiger partial charge on any atom is -0.381 e. The molecular weight excluding hydrogens is 396 g/mol. The van der Waals surface area contributed by atoms with Crippen molar-refractivity contribution >= 4 is 22.4 Å².